The van der Waals surface area contributed by atoms with Crippen LogP contribution in [0.4, 0.5) is 0 Å². The van der Waals surface area contributed by atoms with Crippen molar-refractivity contribution in [2.75, 3.05) is 12.3 Å². The Hall–Kier alpha value is -2.76. The maximum Gasteiger partial charge on any atom is 0.243 e. The third kappa shape index (κ3) is 7.93. The second-order valence-corrected chi connectivity index (χ2v) is 9.66. The number of hydrogen-bond acceptors (Lipinski definition) is 3. The monoisotopic (exact) mass is 494 g/mol. The Morgan fingerprint density at radius 2 is 1.65 bits per heavy atom. The van der Waals surface area contributed by atoms with Crippen LogP contribution >= 0.6 is 23.4 Å². The molecule has 3 aromatic carbocycles. The average Bonchev–Trinajstić information content (AvgIpc) is 2.82. The number of nitrogens with one attached hydrogen (secondary N) is 1. The van der Waals surface area contributed by atoms with Crippen LogP contribution in [-0.4, -0.2) is 35.1 Å². The summed E-state index contributed by atoms with van der Waals surface area (Å²) in [5.41, 5.74) is 4.29. The van der Waals surface area contributed by atoms with Crippen LogP contribution in [0.3, 0.4) is 0 Å². The van der Waals surface area contributed by atoms with Gasteiger partial charge in [-0.3, -0.25) is 9.59 Å². The number of likely N-dealkylation sites (N-methyl/N-ethyl adjacent to an activating group) is 1. The number of aryl methyl sites for hydroxylation is 1. The molecule has 0 saturated heterocycles. The first-order valence-electron chi connectivity index (χ1n) is 11.4. The molecule has 1 N–H and O–H groups in total. The normalized spacial score (nSPS) is 11.6. The summed E-state index contributed by atoms with van der Waals surface area (Å²) in [6.07, 6.45) is 0.446. The number of amides is 2. The van der Waals surface area contributed by atoms with Crippen molar-refractivity contribution in [2.45, 2.75) is 38.6 Å². The van der Waals surface area contributed by atoms with E-state index in [0.717, 1.165) is 16.9 Å². The summed E-state index contributed by atoms with van der Waals surface area (Å²) in [4.78, 5) is 28.4. The first kappa shape index (κ1) is 25.9. The van der Waals surface area contributed by atoms with E-state index in [4.69, 9.17) is 11.6 Å². The van der Waals surface area contributed by atoms with Crippen LogP contribution in [0.2, 0.25) is 5.02 Å². The number of halogens is 1. The molecule has 0 saturated carbocycles. The van der Waals surface area contributed by atoms with Gasteiger partial charge in [0.2, 0.25) is 11.8 Å². The molecule has 0 heterocycles. The highest BCUT2D eigenvalue weighted by atomic mass is 35.5. The summed E-state index contributed by atoms with van der Waals surface area (Å²) in [7, 11) is 0. The minimum absolute atomic E-state index is 0.0650. The number of carbonyl (C=O) groups is 2. The standard InChI is InChI=1S/C28H31ClN2O2S/c1-3-30-28(33)26(17-22-10-5-4-6-11-22)31(18-23-12-8-14-25(29)16-23)27(32)20-34-19-24-13-7-9-21(2)15-24/h4-16,26H,3,17-20H2,1-2H3,(H,30,33). The molecule has 1 atom stereocenters. The van der Waals surface area contributed by atoms with Gasteiger partial charge in [0.05, 0.1) is 5.75 Å². The zero-order valence-corrected chi connectivity index (χ0v) is 21.2. The van der Waals surface area contributed by atoms with Crippen molar-refractivity contribution in [3.05, 3.63) is 106 Å². The zero-order chi connectivity index (χ0) is 24.3. The number of rotatable bonds is 11. The molecule has 178 valence electrons. The number of thioether (sulfide) groups is 1. The SMILES string of the molecule is CCNC(=O)C(Cc1ccccc1)N(Cc1cccc(Cl)c1)C(=O)CSCc1cccc(C)c1. The van der Waals surface area contributed by atoms with Crippen LogP contribution in [-0.2, 0) is 28.3 Å². The smallest absolute Gasteiger partial charge is 0.243 e. The third-order valence-electron chi connectivity index (χ3n) is 5.44. The molecule has 0 aromatic heterocycles. The minimum atomic E-state index is -0.617. The number of benzene rings is 3. The fourth-order valence-electron chi connectivity index (χ4n) is 3.82. The van der Waals surface area contributed by atoms with Gasteiger partial charge in [-0.1, -0.05) is 83.9 Å². The highest BCUT2D eigenvalue weighted by molar-refractivity contribution is 7.99. The molecule has 0 spiro atoms. The van der Waals surface area contributed by atoms with Crippen molar-refractivity contribution in [3.63, 3.8) is 0 Å². The first-order valence-corrected chi connectivity index (χ1v) is 13.0. The van der Waals surface area contributed by atoms with E-state index < -0.39 is 6.04 Å². The Balaban J connectivity index is 1.82. The summed E-state index contributed by atoms with van der Waals surface area (Å²) in [6, 6.07) is 25.0. The summed E-state index contributed by atoms with van der Waals surface area (Å²) in [5, 5.41) is 3.53. The Morgan fingerprint density at radius 1 is 0.941 bits per heavy atom. The van der Waals surface area contributed by atoms with Crippen LogP contribution in [0.15, 0.2) is 78.9 Å². The predicted octanol–water partition coefficient (Wildman–Crippen LogP) is 5.66. The van der Waals surface area contributed by atoms with Crippen molar-refractivity contribution in [2.24, 2.45) is 0 Å². The Bertz CT molecular complexity index is 1090. The van der Waals surface area contributed by atoms with Gasteiger partial charge in [-0.25, -0.2) is 0 Å². The lowest BCUT2D eigenvalue weighted by Crippen LogP contribution is -2.51. The van der Waals surface area contributed by atoms with E-state index in [0.29, 0.717) is 30.3 Å². The van der Waals surface area contributed by atoms with Crippen molar-refractivity contribution >= 4 is 35.2 Å². The molecule has 0 aliphatic carbocycles. The van der Waals surface area contributed by atoms with Gasteiger partial charge in [0.1, 0.15) is 6.04 Å². The summed E-state index contributed by atoms with van der Waals surface area (Å²) >= 11 is 7.77. The highest BCUT2D eigenvalue weighted by Gasteiger charge is 2.30. The van der Waals surface area contributed by atoms with Crippen LogP contribution in [0.25, 0.3) is 0 Å². The third-order valence-corrected chi connectivity index (χ3v) is 6.66. The van der Waals surface area contributed by atoms with E-state index >= 15 is 0 Å². The Morgan fingerprint density at radius 3 is 2.35 bits per heavy atom. The highest BCUT2D eigenvalue weighted by Crippen LogP contribution is 2.20. The molecule has 3 aromatic rings. The molecule has 0 aliphatic rings. The fourth-order valence-corrected chi connectivity index (χ4v) is 4.89. The number of carbonyl (C=O) groups excluding carboxylic acids is 2. The molecule has 2 amide bonds. The summed E-state index contributed by atoms with van der Waals surface area (Å²) in [6.45, 7) is 4.77. The largest absolute Gasteiger partial charge is 0.355 e. The number of hydrogen-bond donors (Lipinski definition) is 1. The van der Waals surface area contributed by atoms with Gasteiger partial charge < -0.3 is 10.2 Å². The maximum atomic E-state index is 13.5. The topological polar surface area (TPSA) is 49.4 Å². The van der Waals surface area contributed by atoms with Gasteiger partial charge in [-0.05, 0) is 42.7 Å². The van der Waals surface area contributed by atoms with Gasteiger partial charge in [-0.15, -0.1) is 11.8 Å². The van der Waals surface area contributed by atoms with E-state index in [1.165, 1.54) is 11.1 Å². The van der Waals surface area contributed by atoms with Crippen LogP contribution in [0.5, 0.6) is 0 Å². The van der Waals surface area contributed by atoms with Crippen molar-refractivity contribution in [3.8, 4) is 0 Å². The molecule has 0 bridgehead atoms. The van der Waals surface area contributed by atoms with E-state index in [1.807, 2.05) is 61.5 Å². The molecule has 0 fully saturated rings. The second kappa shape index (κ2) is 13.2. The Labute approximate surface area is 211 Å². The molecule has 4 nitrogen and oxygen atoms in total. The zero-order valence-electron chi connectivity index (χ0n) is 19.7. The van der Waals surface area contributed by atoms with Gasteiger partial charge in [0, 0.05) is 30.3 Å². The van der Waals surface area contributed by atoms with Crippen molar-refractivity contribution in [1.82, 2.24) is 10.2 Å². The summed E-state index contributed by atoms with van der Waals surface area (Å²) < 4.78 is 0. The second-order valence-electron chi connectivity index (χ2n) is 8.23. The van der Waals surface area contributed by atoms with Crippen LogP contribution in [0, 0.1) is 6.92 Å². The van der Waals surface area contributed by atoms with Crippen molar-refractivity contribution in [1.29, 1.82) is 0 Å². The lowest BCUT2D eigenvalue weighted by atomic mass is 10.0. The van der Waals surface area contributed by atoms with E-state index in [1.54, 1.807) is 22.7 Å². The van der Waals surface area contributed by atoms with Crippen molar-refractivity contribution < 1.29 is 9.59 Å². The molecule has 3 rings (SSSR count). The summed E-state index contributed by atoms with van der Waals surface area (Å²) in [5.74, 6) is 0.817. The fraction of sp³-hybridized carbons (Fsp3) is 0.286. The molecule has 6 heteroatoms. The van der Waals surface area contributed by atoms with Gasteiger partial charge >= 0.3 is 0 Å². The molecule has 0 aliphatic heterocycles. The molecular weight excluding hydrogens is 464 g/mol. The van der Waals surface area contributed by atoms with E-state index in [9.17, 15) is 9.59 Å². The molecule has 0 radical (unpaired) electrons. The van der Waals surface area contributed by atoms with E-state index in [2.05, 4.69) is 30.4 Å². The Kier molecular flexibility index (Phi) is 10.0. The predicted molar refractivity (Wildman–Crippen MR) is 142 cm³/mol. The first-order chi connectivity index (χ1) is 16.5. The van der Waals surface area contributed by atoms with Gasteiger partial charge in [0.15, 0.2) is 0 Å². The molecule has 1 unspecified atom stereocenters. The number of nitrogens with zero attached hydrogens (tertiary/aromatic N) is 1. The maximum absolute atomic E-state index is 13.5. The average molecular weight is 495 g/mol. The molecular formula is C28H31ClN2O2S. The van der Waals surface area contributed by atoms with E-state index in [-0.39, 0.29) is 11.8 Å². The van der Waals surface area contributed by atoms with Crippen LogP contribution < -0.4 is 5.32 Å². The van der Waals surface area contributed by atoms with Gasteiger partial charge in [0.25, 0.3) is 0 Å². The lowest BCUT2D eigenvalue weighted by Gasteiger charge is -2.31. The minimum Gasteiger partial charge on any atom is -0.355 e. The quantitative estimate of drug-likeness (QED) is 0.374. The lowest BCUT2D eigenvalue weighted by molar-refractivity contribution is -0.139. The molecule has 34 heavy (non-hydrogen) atoms. The van der Waals surface area contributed by atoms with Crippen LogP contribution in [0.1, 0.15) is 29.2 Å². The van der Waals surface area contributed by atoms with Gasteiger partial charge in [-0.2, -0.15) is 0 Å².